The summed E-state index contributed by atoms with van der Waals surface area (Å²) in [6.07, 6.45) is -4.18. The van der Waals surface area contributed by atoms with Crippen LogP contribution in [0, 0.1) is 24.7 Å². The molecule has 0 heterocycles. The molecule has 7 atom stereocenters. The first-order valence-corrected chi connectivity index (χ1v) is 10.1. The number of anilines is 2. The number of aromatic hydroxyl groups is 1. The fraction of sp³-hybridized carbons (Fsp3) is 0.476. The molecule has 3 aliphatic carbocycles. The van der Waals surface area contributed by atoms with Crippen molar-refractivity contribution in [3.8, 4) is 5.75 Å². The summed E-state index contributed by atoms with van der Waals surface area (Å²) < 4.78 is 0. The van der Waals surface area contributed by atoms with Crippen LogP contribution in [0.3, 0.4) is 0 Å². The fourth-order valence-electron chi connectivity index (χ4n) is 5.85. The van der Waals surface area contributed by atoms with Crippen LogP contribution in [-0.4, -0.2) is 60.8 Å². The van der Waals surface area contributed by atoms with Gasteiger partial charge in [0.2, 0.25) is 0 Å². The Kier molecular flexibility index (Phi) is 4.60. The number of fused-ring (bicyclic) bond motifs is 3. The molecule has 11 N–H and O–H groups in total. The Morgan fingerprint density at radius 2 is 1.72 bits per heavy atom. The lowest BCUT2D eigenvalue weighted by Crippen LogP contribution is -2.69. The monoisotopic (exact) mass is 447 g/mol. The molecule has 0 spiro atoms. The fourth-order valence-corrected chi connectivity index (χ4v) is 5.85. The van der Waals surface area contributed by atoms with Crippen LogP contribution in [0.25, 0.3) is 0 Å². The highest BCUT2D eigenvalue weighted by molar-refractivity contribution is 6.20. The van der Waals surface area contributed by atoms with E-state index in [1.54, 1.807) is 13.8 Å². The average Bonchev–Trinajstić information content (AvgIpc) is 2.72. The molecule has 32 heavy (non-hydrogen) atoms. The van der Waals surface area contributed by atoms with E-state index in [0.29, 0.717) is 5.56 Å². The highest BCUT2D eigenvalue weighted by atomic mass is 16.4. The Balaban J connectivity index is 1.98. The first kappa shape index (κ1) is 22.1. The molecule has 1 fully saturated rings. The smallest absolute Gasteiger partial charge is 0.255 e. The highest BCUT2D eigenvalue weighted by Crippen LogP contribution is 2.58. The van der Waals surface area contributed by atoms with E-state index in [4.69, 9.17) is 17.2 Å². The summed E-state index contributed by atoms with van der Waals surface area (Å²) in [4.78, 5) is 37.6. The minimum atomic E-state index is -2.69. The number of carbonyl (C=O) groups is 3. The molecule has 3 aliphatic rings. The number of carbonyl (C=O) groups excluding carboxylic acids is 3. The van der Waals surface area contributed by atoms with Crippen LogP contribution in [-0.2, 0) is 9.59 Å². The van der Waals surface area contributed by atoms with E-state index in [9.17, 15) is 39.9 Å². The van der Waals surface area contributed by atoms with Crippen LogP contribution in [0.2, 0.25) is 0 Å². The van der Waals surface area contributed by atoms with Crippen molar-refractivity contribution in [1.82, 2.24) is 0 Å². The van der Waals surface area contributed by atoms with Gasteiger partial charge in [-0.25, -0.2) is 0 Å². The average molecular weight is 447 g/mol. The minimum Gasteiger partial charge on any atom is -0.508 e. The summed E-state index contributed by atoms with van der Waals surface area (Å²) in [5, 5.41) is 54.9. The Bertz CT molecular complexity index is 1130. The highest BCUT2D eigenvalue weighted by Gasteiger charge is 2.67. The number of primary amides is 1. The van der Waals surface area contributed by atoms with Gasteiger partial charge in [-0.15, -0.1) is 0 Å². The number of nitrogen functional groups attached to an aromatic ring is 2. The predicted octanol–water partition coefficient (Wildman–Crippen LogP) is -1.25. The molecule has 0 aromatic heterocycles. The lowest BCUT2D eigenvalue weighted by atomic mass is 9.51. The molecule has 1 saturated carbocycles. The molecule has 1 amide bonds. The second-order valence-corrected chi connectivity index (χ2v) is 8.93. The van der Waals surface area contributed by atoms with Gasteiger partial charge in [0.05, 0.1) is 23.3 Å². The molecule has 1 aromatic rings. The van der Waals surface area contributed by atoms with Gasteiger partial charge in [0.25, 0.3) is 5.91 Å². The van der Waals surface area contributed by atoms with Crippen molar-refractivity contribution in [3.63, 3.8) is 0 Å². The molecule has 1 aromatic carbocycles. The van der Waals surface area contributed by atoms with E-state index in [0.717, 1.165) is 0 Å². The second-order valence-electron chi connectivity index (χ2n) is 8.93. The van der Waals surface area contributed by atoms with E-state index >= 15 is 0 Å². The largest absolute Gasteiger partial charge is 0.508 e. The number of Topliss-reactive ketones (excluding diaryl/α,β-unsaturated/α-hetero) is 2. The van der Waals surface area contributed by atoms with Crippen LogP contribution in [0.4, 0.5) is 11.4 Å². The Hall–Kier alpha value is -3.15. The number of aliphatic hydroxyl groups is 4. The maximum Gasteiger partial charge on any atom is 0.255 e. The zero-order valence-electron chi connectivity index (χ0n) is 17.4. The minimum absolute atomic E-state index is 0.121. The van der Waals surface area contributed by atoms with E-state index < -0.39 is 82.5 Å². The van der Waals surface area contributed by atoms with Crippen LogP contribution in [0.15, 0.2) is 11.3 Å². The van der Waals surface area contributed by atoms with Gasteiger partial charge in [-0.1, -0.05) is 6.92 Å². The predicted molar refractivity (Wildman–Crippen MR) is 110 cm³/mol. The molecule has 0 saturated heterocycles. The maximum atomic E-state index is 13.5. The third kappa shape index (κ3) is 2.38. The lowest BCUT2D eigenvalue weighted by Gasteiger charge is -2.56. The van der Waals surface area contributed by atoms with E-state index in [-0.39, 0.29) is 22.5 Å². The standard InChI is InChI=1S/C21H25N3O8/c1-4-8-11(17(28)14(23)5(2)13(8)22)16(27)12-9(4)15(26)6-3-7(25)10(20(24)31)18(29)21(6,32)19(12)30/h4,6,9,12,15,19,26,28-30,32H,3,22-23H2,1-2H3,(H2,24,31)/t4-,6?,9?,12?,15+,19?,21?/m0/s1. The van der Waals surface area contributed by atoms with Gasteiger partial charge >= 0.3 is 0 Å². The number of aliphatic hydroxyl groups excluding tert-OH is 3. The summed E-state index contributed by atoms with van der Waals surface area (Å²) in [5.74, 6) is -9.43. The molecule has 5 unspecified atom stereocenters. The molecule has 0 radical (unpaired) electrons. The normalized spacial score (nSPS) is 36.4. The SMILES string of the molecule is Cc1c(N)c(O)c2c(c1N)[C@H](C)C1C(C2=O)C(O)C2(O)C(O)=C(C(N)=O)C(=O)CC2[C@H]1O. The van der Waals surface area contributed by atoms with Crippen LogP contribution in [0.1, 0.15) is 40.7 Å². The van der Waals surface area contributed by atoms with Crippen molar-refractivity contribution in [2.75, 3.05) is 11.5 Å². The molecular formula is C21H25N3O8. The lowest BCUT2D eigenvalue weighted by molar-refractivity contribution is -0.209. The number of phenolic OH excluding ortho intramolecular Hbond substituents is 1. The quantitative estimate of drug-likeness (QED) is 0.110. The Morgan fingerprint density at radius 1 is 1.12 bits per heavy atom. The van der Waals surface area contributed by atoms with Crippen LogP contribution < -0.4 is 17.2 Å². The van der Waals surface area contributed by atoms with Crippen molar-refractivity contribution < 1.29 is 39.9 Å². The van der Waals surface area contributed by atoms with Crippen molar-refractivity contribution in [1.29, 1.82) is 0 Å². The first-order chi connectivity index (χ1) is 14.8. The van der Waals surface area contributed by atoms with Crippen LogP contribution >= 0.6 is 0 Å². The molecular weight excluding hydrogens is 422 g/mol. The van der Waals surface area contributed by atoms with Gasteiger partial charge in [0.1, 0.15) is 23.2 Å². The summed E-state index contributed by atoms with van der Waals surface area (Å²) in [6.45, 7) is 3.19. The topological polar surface area (TPSA) is 230 Å². The van der Waals surface area contributed by atoms with E-state index in [1.807, 2.05) is 0 Å². The number of nitrogens with two attached hydrogens (primary N) is 3. The van der Waals surface area contributed by atoms with Gasteiger partial charge in [-0.05, 0) is 24.0 Å². The summed E-state index contributed by atoms with van der Waals surface area (Å²) >= 11 is 0. The van der Waals surface area contributed by atoms with Gasteiger partial charge < -0.3 is 42.7 Å². The molecule has 0 bridgehead atoms. The molecule has 11 heteroatoms. The maximum absolute atomic E-state index is 13.5. The van der Waals surface area contributed by atoms with Gasteiger partial charge in [0, 0.05) is 23.9 Å². The molecule has 172 valence electrons. The third-order valence-corrected chi connectivity index (χ3v) is 7.57. The summed E-state index contributed by atoms with van der Waals surface area (Å²) in [6, 6.07) is 0. The zero-order chi connectivity index (χ0) is 24.0. The van der Waals surface area contributed by atoms with Crippen molar-refractivity contribution in [2.45, 2.75) is 44.0 Å². The third-order valence-electron chi connectivity index (χ3n) is 7.57. The summed E-state index contributed by atoms with van der Waals surface area (Å²) in [5.41, 5.74) is 14.0. The van der Waals surface area contributed by atoms with E-state index in [1.165, 1.54) is 0 Å². The van der Waals surface area contributed by atoms with Gasteiger partial charge in [-0.3, -0.25) is 14.4 Å². The first-order valence-electron chi connectivity index (χ1n) is 10.1. The number of rotatable bonds is 1. The number of benzene rings is 1. The van der Waals surface area contributed by atoms with Crippen molar-refractivity contribution >= 4 is 28.8 Å². The Labute approximate surface area is 182 Å². The molecule has 11 nitrogen and oxygen atoms in total. The number of ketones is 2. The van der Waals surface area contributed by atoms with Gasteiger partial charge in [-0.2, -0.15) is 0 Å². The number of hydrogen-bond acceptors (Lipinski definition) is 10. The van der Waals surface area contributed by atoms with E-state index in [2.05, 4.69) is 0 Å². The zero-order valence-corrected chi connectivity index (χ0v) is 17.4. The second kappa shape index (κ2) is 6.67. The Morgan fingerprint density at radius 3 is 2.28 bits per heavy atom. The van der Waals surface area contributed by atoms with Crippen LogP contribution in [0.5, 0.6) is 5.75 Å². The number of phenols is 1. The van der Waals surface area contributed by atoms with Crippen molar-refractivity contribution in [2.24, 2.45) is 23.5 Å². The number of amides is 1. The summed E-state index contributed by atoms with van der Waals surface area (Å²) in [7, 11) is 0. The van der Waals surface area contributed by atoms with Gasteiger partial charge in [0.15, 0.2) is 17.2 Å². The molecule has 4 rings (SSSR count). The number of hydrogen-bond donors (Lipinski definition) is 8. The molecule has 0 aliphatic heterocycles. The van der Waals surface area contributed by atoms with Crippen molar-refractivity contribution in [3.05, 3.63) is 28.0 Å².